The third-order valence-electron chi connectivity index (χ3n) is 6.89. The van der Waals surface area contributed by atoms with E-state index in [4.69, 9.17) is 0 Å². The van der Waals surface area contributed by atoms with Gasteiger partial charge in [0, 0.05) is 0 Å². The second kappa shape index (κ2) is 12.3. The van der Waals surface area contributed by atoms with E-state index < -0.39 is 23.3 Å². The molecule has 1 aliphatic rings. The number of hydrogen-bond donors (Lipinski definition) is 2. The Kier molecular flexibility index (Phi) is 10.8. The zero-order valence-electron chi connectivity index (χ0n) is 18.5. The first-order valence-electron chi connectivity index (χ1n) is 11.5. The van der Waals surface area contributed by atoms with Crippen LogP contribution in [0.25, 0.3) is 0 Å². The number of rotatable bonds is 14. The fourth-order valence-corrected chi connectivity index (χ4v) is 5.08. The van der Waals surface area contributed by atoms with Crippen molar-refractivity contribution < 1.29 is 19.8 Å². The van der Waals surface area contributed by atoms with E-state index in [0.29, 0.717) is 18.8 Å². The minimum absolute atomic E-state index is 0.0934. The first-order chi connectivity index (χ1) is 13.4. The monoisotopic (exact) mass is 394 g/mol. The van der Waals surface area contributed by atoms with Crippen molar-refractivity contribution in [3.8, 4) is 0 Å². The van der Waals surface area contributed by atoms with Gasteiger partial charge in [0.2, 0.25) is 0 Å². The van der Waals surface area contributed by atoms with E-state index in [1.54, 1.807) is 6.08 Å². The molecule has 0 fully saturated rings. The molecule has 28 heavy (non-hydrogen) atoms. The van der Waals surface area contributed by atoms with E-state index in [2.05, 4.69) is 27.7 Å². The first kappa shape index (κ1) is 24.7. The van der Waals surface area contributed by atoms with Crippen LogP contribution < -0.4 is 0 Å². The predicted octanol–water partition coefficient (Wildman–Crippen LogP) is 6.55. The molecule has 162 valence electrons. The average Bonchev–Trinajstić information content (AvgIpc) is 2.67. The minimum atomic E-state index is -1.27. The smallest absolute Gasteiger partial charge is 0.314 e. The Morgan fingerprint density at radius 2 is 1.57 bits per heavy atom. The molecule has 4 nitrogen and oxygen atoms in total. The summed E-state index contributed by atoms with van der Waals surface area (Å²) in [6.07, 6.45) is 14.1. The number of allylic oxidation sites excluding steroid dienone is 1. The highest BCUT2D eigenvalue weighted by atomic mass is 16.4. The van der Waals surface area contributed by atoms with Gasteiger partial charge in [0.1, 0.15) is 0 Å². The lowest BCUT2D eigenvalue weighted by atomic mass is 9.59. The Morgan fingerprint density at radius 1 is 1.00 bits per heavy atom. The van der Waals surface area contributed by atoms with Crippen molar-refractivity contribution in [3.05, 3.63) is 12.2 Å². The van der Waals surface area contributed by atoms with Crippen molar-refractivity contribution in [3.63, 3.8) is 0 Å². The van der Waals surface area contributed by atoms with Crippen LogP contribution in [0.2, 0.25) is 0 Å². The fourth-order valence-electron chi connectivity index (χ4n) is 5.08. The van der Waals surface area contributed by atoms with Gasteiger partial charge in [-0.25, -0.2) is 0 Å². The van der Waals surface area contributed by atoms with Gasteiger partial charge < -0.3 is 10.2 Å². The van der Waals surface area contributed by atoms with Crippen molar-refractivity contribution in [2.24, 2.45) is 29.1 Å². The van der Waals surface area contributed by atoms with Gasteiger partial charge in [-0.1, -0.05) is 91.2 Å². The van der Waals surface area contributed by atoms with E-state index >= 15 is 0 Å². The van der Waals surface area contributed by atoms with Crippen molar-refractivity contribution in [2.45, 2.75) is 98.3 Å². The second-order valence-corrected chi connectivity index (χ2v) is 8.83. The summed E-state index contributed by atoms with van der Waals surface area (Å²) in [5.41, 5.74) is -1.27. The molecule has 0 bridgehead atoms. The Morgan fingerprint density at radius 3 is 2.04 bits per heavy atom. The fraction of sp³-hybridized carbons (Fsp3) is 0.833. The molecule has 0 aromatic rings. The number of carboxylic acids is 2. The molecule has 0 saturated carbocycles. The Bertz CT molecular complexity index is 513. The highest BCUT2D eigenvalue weighted by Crippen LogP contribution is 2.48. The molecule has 0 aromatic heterocycles. The van der Waals surface area contributed by atoms with Crippen molar-refractivity contribution in [2.75, 3.05) is 0 Å². The Hall–Kier alpha value is -1.32. The Labute approximate surface area is 171 Å². The highest BCUT2D eigenvalue weighted by molar-refractivity contribution is 5.86. The van der Waals surface area contributed by atoms with E-state index in [-0.39, 0.29) is 11.8 Å². The van der Waals surface area contributed by atoms with E-state index in [1.165, 1.54) is 0 Å². The normalized spacial score (nSPS) is 26.7. The molecule has 0 aromatic carbocycles. The molecule has 5 atom stereocenters. The SMILES string of the molecule is CCCCC(CC)CC1CC=CC(CC(CC)CCCC)(C(=O)O)C1C(=O)O. The number of carbonyl (C=O) groups is 2. The average molecular weight is 395 g/mol. The van der Waals surface area contributed by atoms with Gasteiger partial charge in [-0.05, 0) is 37.0 Å². The minimum Gasteiger partial charge on any atom is -0.481 e. The molecular formula is C24H42O4. The van der Waals surface area contributed by atoms with Gasteiger partial charge in [-0.2, -0.15) is 0 Å². The molecule has 0 saturated heterocycles. The standard InChI is InChI=1S/C24H42O4/c1-5-9-12-18(7-3)16-20-14-11-15-24(23(27)28,21(20)22(25)26)17-19(8-4)13-10-6-2/h11,15,18-21H,5-10,12-14,16-17H2,1-4H3,(H,25,26)(H,27,28). The summed E-state index contributed by atoms with van der Waals surface area (Å²) >= 11 is 0. The van der Waals surface area contributed by atoms with Crippen LogP contribution in [0.15, 0.2) is 12.2 Å². The summed E-state index contributed by atoms with van der Waals surface area (Å²) in [5.74, 6) is -2.09. The number of carboxylic acid groups (broad SMARTS) is 2. The molecular weight excluding hydrogens is 352 g/mol. The molecule has 4 heteroatoms. The molecule has 0 spiro atoms. The van der Waals surface area contributed by atoms with Crippen molar-refractivity contribution in [1.29, 1.82) is 0 Å². The number of hydrogen-bond acceptors (Lipinski definition) is 2. The van der Waals surface area contributed by atoms with Crippen molar-refractivity contribution >= 4 is 11.9 Å². The maximum Gasteiger partial charge on any atom is 0.314 e. The topological polar surface area (TPSA) is 74.6 Å². The van der Waals surface area contributed by atoms with Crippen LogP contribution in [0.1, 0.15) is 98.3 Å². The van der Waals surface area contributed by atoms with Gasteiger partial charge in [0.15, 0.2) is 0 Å². The molecule has 0 amide bonds. The van der Waals surface area contributed by atoms with Crippen molar-refractivity contribution in [1.82, 2.24) is 0 Å². The van der Waals surface area contributed by atoms with Crippen LogP contribution in [0.3, 0.4) is 0 Å². The summed E-state index contributed by atoms with van der Waals surface area (Å²) in [4.78, 5) is 24.8. The summed E-state index contributed by atoms with van der Waals surface area (Å²) in [7, 11) is 0. The molecule has 0 radical (unpaired) electrons. The van der Waals surface area contributed by atoms with Crippen LogP contribution in [-0.4, -0.2) is 22.2 Å². The molecule has 1 rings (SSSR count). The quantitative estimate of drug-likeness (QED) is 0.328. The lowest BCUT2D eigenvalue weighted by Crippen LogP contribution is -2.48. The molecule has 2 N–H and O–H groups in total. The van der Waals surface area contributed by atoms with E-state index in [1.807, 2.05) is 6.08 Å². The molecule has 0 heterocycles. The maximum atomic E-state index is 12.5. The first-order valence-corrected chi connectivity index (χ1v) is 11.5. The molecule has 0 aliphatic heterocycles. The van der Waals surface area contributed by atoms with Crippen LogP contribution in [0.4, 0.5) is 0 Å². The van der Waals surface area contributed by atoms with Crippen LogP contribution >= 0.6 is 0 Å². The summed E-state index contributed by atoms with van der Waals surface area (Å²) in [5, 5.41) is 20.3. The van der Waals surface area contributed by atoms with Gasteiger partial charge in [0.25, 0.3) is 0 Å². The highest BCUT2D eigenvalue weighted by Gasteiger charge is 2.53. The maximum absolute atomic E-state index is 12.5. The van der Waals surface area contributed by atoms with E-state index in [0.717, 1.165) is 57.8 Å². The van der Waals surface area contributed by atoms with Gasteiger partial charge >= 0.3 is 11.9 Å². The zero-order chi connectivity index (χ0) is 21.2. The molecule has 1 aliphatic carbocycles. The lowest BCUT2D eigenvalue weighted by molar-refractivity contribution is -0.164. The molecule has 5 unspecified atom stereocenters. The number of aliphatic carboxylic acids is 2. The van der Waals surface area contributed by atoms with Crippen LogP contribution in [-0.2, 0) is 9.59 Å². The Balaban J connectivity index is 3.16. The predicted molar refractivity (Wildman–Crippen MR) is 114 cm³/mol. The summed E-state index contributed by atoms with van der Waals surface area (Å²) in [6, 6.07) is 0. The van der Waals surface area contributed by atoms with Crippen LogP contribution in [0.5, 0.6) is 0 Å². The zero-order valence-corrected chi connectivity index (χ0v) is 18.5. The summed E-state index contributed by atoms with van der Waals surface area (Å²) < 4.78 is 0. The largest absolute Gasteiger partial charge is 0.481 e. The van der Waals surface area contributed by atoms with Gasteiger partial charge in [0.05, 0.1) is 11.3 Å². The van der Waals surface area contributed by atoms with Crippen LogP contribution in [0, 0.1) is 29.1 Å². The lowest BCUT2D eigenvalue weighted by Gasteiger charge is -2.42. The number of unbranched alkanes of at least 4 members (excludes halogenated alkanes) is 2. The van der Waals surface area contributed by atoms with E-state index in [9.17, 15) is 19.8 Å². The second-order valence-electron chi connectivity index (χ2n) is 8.83. The third kappa shape index (κ3) is 6.35. The summed E-state index contributed by atoms with van der Waals surface area (Å²) in [6.45, 7) is 8.56. The third-order valence-corrected chi connectivity index (χ3v) is 6.89. The van der Waals surface area contributed by atoms with Gasteiger partial charge in [-0.3, -0.25) is 9.59 Å². The van der Waals surface area contributed by atoms with Gasteiger partial charge in [-0.15, -0.1) is 0 Å².